The summed E-state index contributed by atoms with van der Waals surface area (Å²) in [6.07, 6.45) is 1.52. The van der Waals surface area contributed by atoms with Gasteiger partial charge in [0.25, 0.3) is 5.56 Å². The lowest BCUT2D eigenvalue weighted by Gasteiger charge is -2.14. The number of fused-ring (bicyclic) bond motifs is 1. The number of anilines is 3. The maximum Gasteiger partial charge on any atom is 0.323 e. The first-order chi connectivity index (χ1) is 16.7. The minimum atomic E-state index is -1.11. The summed E-state index contributed by atoms with van der Waals surface area (Å²) in [5.41, 5.74) is -0.914. The van der Waals surface area contributed by atoms with E-state index in [0.29, 0.717) is 28.9 Å². The van der Waals surface area contributed by atoms with Crippen LogP contribution in [-0.2, 0) is 6.54 Å². The van der Waals surface area contributed by atoms with Crippen LogP contribution in [0, 0.1) is 23.3 Å². The minimum Gasteiger partial charge on any atom is -0.373 e. The van der Waals surface area contributed by atoms with Gasteiger partial charge in [0.2, 0.25) is 0 Å². The molecule has 3 N–H and O–H groups in total. The molecule has 2 aromatic carbocycles. The summed E-state index contributed by atoms with van der Waals surface area (Å²) in [7, 11) is 1.68. The van der Waals surface area contributed by atoms with Crippen LogP contribution in [0.4, 0.5) is 39.5 Å². The van der Waals surface area contributed by atoms with Gasteiger partial charge in [0.05, 0.1) is 16.8 Å². The van der Waals surface area contributed by atoms with Crippen LogP contribution in [0.3, 0.4) is 0 Å². The van der Waals surface area contributed by atoms with Crippen molar-refractivity contribution in [3.05, 3.63) is 82.3 Å². The number of pyridine rings is 2. The summed E-state index contributed by atoms with van der Waals surface area (Å²) >= 11 is 0. The van der Waals surface area contributed by atoms with Crippen LogP contribution in [0.1, 0.15) is 6.92 Å². The van der Waals surface area contributed by atoms with Gasteiger partial charge >= 0.3 is 6.03 Å². The van der Waals surface area contributed by atoms with E-state index in [-0.39, 0.29) is 23.4 Å². The van der Waals surface area contributed by atoms with Gasteiger partial charge in [-0.3, -0.25) is 4.79 Å². The van der Waals surface area contributed by atoms with E-state index in [1.165, 1.54) is 16.8 Å². The first kappa shape index (κ1) is 23.7. The van der Waals surface area contributed by atoms with Gasteiger partial charge in [0, 0.05) is 54.6 Å². The third-order valence-corrected chi connectivity index (χ3v) is 5.27. The number of rotatable bonds is 5. The second kappa shape index (κ2) is 9.45. The SMILES string of the molecule is CCn1c(=O)c(-c2cc(NC(=O)Nc3cc(F)cc(F)c3)c(F)cc2F)cc2cnc(NC)cc21. The second-order valence-corrected chi connectivity index (χ2v) is 7.53. The minimum absolute atomic E-state index is 0.0634. The molecule has 0 spiro atoms. The second-order valence-electron chi connectivity index (χ2n) is 7.53. The number of aryl methyl sites for hydroxylation is 1. The lowest BCUT2D eigenvalue weighted by atomic mass is 10.0. The number of hydrogen-bond acceptors (Lipinski definition) is 4. The molecule has 0 bridgehead atoms. The Labute approximate surface area is 196 Å². The molecule has 7 nitrogen and oxygen atoms in total. The standard InChI is InChI=1S/C24H19F4N5O2/c1-3-33-21-10-22(29-2)30-11-12(21)4-17(23(33)34)16-8-20(19(28)9-18(16)27)32-24(35)31-15-6-13(25)5-14(26)7-15/h4-11H,3H2,1-2H3,(H,29,30)(H2,31,32,35). The lowest BCUT2D eigenvalue weighted by molar-refractivity contribution is 0.262. The topological polar surface area (TPSA) is 88.1 Å². The number of hydrogen-bond donors (Lipinski definition) is 3. The van der Waals surface area contributed by atoms with Crippen molar-refractivity contribution in [2.24, 2.45) is 0 Å². The Bertz CT molecular complexity index is 1500. The molecule has 0 aliphatic heterocycles. The zero-order valence-corrected chi connectivity index (χ0v) is 18.5. The molecular formula is C24H19F4N5O2. The highest BCUT2D eigenvalue weighted by Gasteiger charge is 2.19. The molecule has 4 rings (SSSR count). The van der Waals surface area contributed by atoms with E-state index < -0.39 is 40.5 Å². The van der Waals surface area contributed by atoms with Gasteiger partial charge in [-0.15, -0.1) is 0 Å². The van der Waals surface area contributed by atoms with Crippen molar-refractivity contribution < 1.29 is 22.4 Å². The van der Waals surface area contributed by atoms with E-state index in [2.05, 4.69) is 20.9 Å². The lowest BCUT2D eigenvalue weighted by Crippen LogP contribution is -2.23. The van der Waals surface area contributed by atoms with E-state index in [1.807, 2.05) is 0 Å². The molecule has 0 saturated heterocycles. The Morgan fingerprint density at radius 1 is 0.914 bits per heavy atom. The third kappa shape index (κ3) is 4.79. The van der Waals surface area contributed by atoms with Crippen LogP contribution in [0.25, 0.3) is 22.0 Å². The normalized spacial score (nSPS) is 10.9. The zero-order chi connectivity index (χ0) is 25.3. The molecule has 0 atom stereocenters. The fourth-order valence-corrected chi connectivity index (χ4v) is 3.68. The number of urea groups is 1. The maximum atomic E-state index is 14.8. The fourth-order valence-electron chi connectivity index (χ4n) is 3.68. The Morgan fingerprint density at radius 2 is 1.63 bits per heavy atom. The first-order valence-electron chi connectivity index (χ1n) is 10.4. The molecule has 0 aliphatic rings. The number of amides is 2. The van der Waals surface area contributed by atoms with E-state index in [9.17, 15) is 27.2 Å². The molecule has 35 heavy (non-hydrogen) atoms. The van der Waals surface area contributed by atoms with Crippen molar-refractivity contribution in [3.63, 3.8) is 0 Å². The molecule has 180 valence electrons. The van der Waals surface area contributed by atoms with E-state index in [4.69, 9.17) is 0 Å². The zero-order valence-electron chi connectivity index (χ0n) is 18.5. The molecular weight excluding hydrogens is 466 g/mol. The van der Waals surface area contributed by atoms with Gasteiger partial charge in [-0.2, -0.15) is 0 Å². The van der Waals surface area contributed by atoms with Crippen molar-refractivity contribution in [3.8, 4) is 11.1 Å². The Morgan fingerprint density at radius 3 is 2.29 bits per heavy atom. The van der Waals surface area contributed by atoms with Crippen molar-refractivity contribution in [1.82, 2.24) is 9.55 Å². The van der Waals surface area contributed by atoms with E-state index in [0.717, 1.165) is 18.2 Å². The Balaban J connectivity index is 1.74. The van der Waals surface area contributed by atoms with Crippen molar-refractivity contribution in [2.45, 2.75) is 13.5 Å². The molecule has 2 heterocycles. The number of halogens is 4. The summed E-state index contributed by atoms with van der Waals surface area (Å²) in [4.78, 5) is 29.7. The molecule has 11 heteroatoms. The van der Waals surface area contributed by atoms with Crippen LogP contribution in [0.5, 0.6) is 0 Å². The maximum absolute atomic E-state index is 14.8. The highest BCUT2D eigenvalue weighted by Crippen LogP contribution is 2.29. The van der Waals surface area contributed by atoms with Crippen LogP contribution < -0.4 is 21.5 Å². The number of carbonyl (C=O) groups excluding carboxylic acids is 1. The molecule has 0 unspecified atom stereocenters. The average Bonchev–Trinajstić information content (AvgIpc) is 2.79. The summed E-state index contributed by atoms with van der Waals surface area (Å²) in [5, 5.41) is 7.77. The predicted molar refractivity (Wildman–Crippen MR) is 126 cm³/mol. The summed E-state index contributed by atoms with van der Waals surface area (Å²) in [6.45, 7) is 2.02. The van der Waals surface area contributed by atoms with Gasteiger partial charge in [-0.25, -0.2) is 27.3 Å². The number of aromatic nitrogens is 2. The van der Waals surface area contributed by atoms with Gasteiger partial charge in [0.1, 0.15) is 29.1 Å². The fraction of sp³-hybridized carbons (Fsp3) is 0.125. The monoisotopic (exact) mass is 485 g/mol. The number of carbonyl (C=O) groups is 1. The van der Waals surface area contributed by atoms with Crippen molar-refractivity contribution >= 4 is 34.1 Å². The van der Waals surface area contributed by atoms with Crippen LogP contribution in [0.15, 0.2) is 53.5 Å². The largest absolute Gasteiger partial charge is 0.373 e. The van der Waals surface area contributed by atoms with Crippen molar-refractivity contribution in [1.29, 1.82) is 0 Å². The van der Waals surface area contributed by atoms with Gasteiger partial charge in [-0.05, 0) is 31.2 Å². The summed E-state index contributed by atoms with van der Waals surface area (Å²) < 4.78 is 57.4. The number of nitrogens with zero attached hydrogens (tertiary/aromatic N) is 2. The van der Waals surface area contributed by atoms with E-state index >= 15 is 0 Å². The predicted octanol–water partition coefficient (Wildman–Crippen LogP) is 5.33. The van der Waals surface area contributed by atoms with Crippen LogP contribution in [-0.4, -0.2) is 22.6 Å². The van der Waals surface area contributed by atoms with E-state index in [1.54, 1.807) is 20.0 Å². The van der Waals surface area contributed by atoms with Gasteiger partial charge in [-0.1, -0.05) is 0 Å². The Hall–Kier alpha value is -4.41. The Kier molecular flexibility index (Phi) is 6.41. The summed E-state index contributed by atoms with van der Waals surface area (Å²) in [5.74, 6) is -3.43. The molecule has 0 fully saturated rings. The van der Waals surface area contributed by atoms with Crippen LogP contribution >= 0.6 is 0 Å². The quantitative estimate of drug-likeness (QED) is 0.334. The van der Waals surface area contributed by atoms with Gasteiger partial charge < -0.3 is 20.5 Å². The molecule has 0 radical (unpaired) electrons. The van der Waals surface area contributed by atoms with Crippen molar-refractivity contribution in [2.75, 3.05) is 23.0 Å². The molecule has 2 aromatic heterocycles. The third-order valence-electron chi connectivity index (χ3n) is 5.27. The van der Waals surface area contributed by atoms with Crippen LogP contribution in [0.2, 0.25) is 0 Å². The smallest absolute Gasteiger partial charge is 0.323 e. The van der Waals surface area contributed by atoms with Gasteiger partial charge in [0.15, 0.2) is 0 Å². The molecule has 4 aromatic rings. The number of nitrogens with one attached hydrogen (secondary N) is 3. The number of benzene rings is 2. The molecule has 0 saturated carbocycles. The first-order valence-corrected chi connectivity index (χ1v) is 10.4. The highest BCUT2D eigenvalue weighted by atomic mass is 19.1. The molecule has 0 aliphatic carbocycles. The highest BCUT2D eigenvalue weighted by molar-refractivity contribution is 6.00. The average molecular weight is 485 g/mol. The molecule has 2 amide bonds. The summed E-state index contributed by atoms with van der Waals surface area (Å²) in [6, 6.07) is 5.96.